The number of likely N-dealkylation sites (tertiary alicyclic amines) is 1. The standard InChI is InChI=1S/C25H27N3O2S/c29-25(28-12-7-20(8-13-28)19-5-10-26-11-6-19)17-27-15-21-3-1-2-4-23(21)30-24(16-27)22-9-14-31-18-22/h1-6,9-11,14,18,20,24H,7-8,12-13,15-17H2. The molecule has 31 heavy (non-hydrogen) atoms. The van der Waals surface area contributed by atoms with Gasteiger partial charge in [0.15, 0.2) is 0 Å². The Balaban J connectivity index is 1.25. The average Bonchev–Trinajstić information content (AvgIpc) is 3.29. The normalized spacial score (nSPS) is 20.0. The van der Waals surface area contributed by atoms with Gasteiger partial charge in [0.2, 0.25) is 5.91 Å². The maximum Gasteiger partial charge on any atom is 0.236 e. The molecular weight excluding hydrogens is 406 g/mol. The summed E-state index contributed by atoms with van der Waals surface area (Å²) in [5, 5.41) is 4.22. The fraction of sp³-hybridized carbons (Fsp3) is 0.360. The van der Waals surface area contributed by atoms with E-state index in [4.69, 9.17) is 4.74 Å². The van der Waals surface area contributed by atoms with Crippen LogP contribution >= 0.6 is 11.3 Å². The number of thiophene rings is 1. The van der Waals surface area contributed by atoms with Crippen molar-refractivity contribution in [3.63, 3.8) is 0 Å². The maximum atomic E-state index is 13.2. The summed E-state index contributed by atoms with van der Waals surface area (Å²) in [5.74, 6) is 1.66. The van der Waals surface area contributed by atoms with E-state index >= 15 is 0 Å². The number of pyridine rings is 1. The molecule has 1 atom stereocenters. The summed E-state index contributed by atoms with van der Waals surface area (Å²) >= 11 is 1.68. The molecule has 2 aromatic heterocycles. The highest BCUT2D eigenvalue weighted by molar-refractivity contribution is 7.07. The molecule has 5 rings (SSSR count). The summed E-state index contributed by atoms with van der Waals surface area (Å²) in [4.78, 5) is 21.6. The quantitative estimate of drug-likeness (QED) is 0.608. The second-order valence-corrected chi connectivity index (χ2v) is 9.16. The number of piperidine rings is 1. The lowest BCUT2D eigenvalue weighted by Gasteiger charge is -2.34. The van der Waals surface area contributed by atoms with E-state index in [1.807, 2.05) is 35.5 Å². The number of amides is 1. The van der Waals surface area contributed by atoms with Gasteiger partial charge in [0.05, 0.1) is 6.54 Å². The van der Waals surface area contributed by atoms with Gasteiger partial charge in [-0.25, -0.2) is 0 Å². The molecule has 1 unspecified atom stereocenters. The molecule has 0 radical (unpaired) electrons. The summed E-state index contributed by atoms with van der Waals surface area (Å²) in [7, 11) is 0. The van der Waals surface area contributed by atoms with Crippen LogP contribution in [0.2, 0.25) is 0 Å². The Morgan fingerprint density at radius 1 is 1.06 bits per heavy atom. The number of aromatic nitrogens is 1. The van der Waals surface area contributed by atoms with E-state index in [2.05, 4.69) is 44.9 Å². The highest BCUT2D eigenvalue weighted by Crippen LogP contribution is 2.32. The van der Waals surface area contributed by atoms with Crippen molar-refractivity contribution in [3.8, 4) is 5.75 Å². The smallest absolute Gasteiger partial charge is 0.236 e. The Morgan fingerprint density at radius 2 is 1.87 bits per heavy atom. The number of ether oxygens (including phenoxy) is 1. The first-order chi connectivity index (χ1) is 15.3. The number of fused-ring (bicyclic) bond motifs is 1. The molecule has 5 nitrogen and oxygen atoms in total. The van der Waals surface area contributed by atoms with Gasteiger partial charge >= 0.3 is 0 Å². The fourth-order valence-electron chi connectivity index (χ4n) is 4.62. The second-order valence-electron chi connectivity index (χ2n) is 8.38. The molecule has 4 heterocycles. The molecule has 1 saturated heterocycles. The van der Waals surface area contributed by atoms with Crippen LogP contribution in [0, 0.1) is 0 Å². The first kappa shape index (κ1) is 20.2. The van der Waals surface area contributed by atoms with Crippen molar-refractivity contribution in [1.82, 2.24) is 14.8 Å². The van der Waals surface area contributed by atoms with Crippen LogP contribution in [0.15, 0.2) is 65.6 Å². The fourth-order valence-corrected chi connectivity index (χ4v) is 5.32. The zero-order chi connectivity index (χ0) is 21.0. The lowest BCUT2D eigenvalue weighted by Crippen LogP contribution is -2.44. The zero-order valence-corrected chi connectivity index (χ0v) is 18.3. The van der Waals surface area contributed by atoms with E-state index in [0.717, 1.165) is 43.8 Å². The van der Waals surface area contributed by atoms with Gasteiger partial charge < -0.3 is 9.64 Å². The number of hydrogen-bond donors (Lipinski definition) is 0. The molecule has 1 fully saturated rings. The number of rotatable bonds is 4. The zero-order valence-electron chi connectivity index (χ0n) is 17.5. The summed E-state index contributed by atoms with van der Waals surface area (Å²) in [6, 6.07) is 14.5. The minimum absolute atomic E-state index is 0.0554. The number of carbonyl (C=O) groups excluding carboxylic acids is 1. The van der Waals surface area contributed by atoms with Crippen LogP contribution in [0.5, 0.6) is 5.75 Å². The Morgan fingerprint density at radius 3 is 2.65 bits per heavy atom. The predicted molar refractivity (Wildman–Crippen MR) is 122 cm³/mol. The van der Waals surface area contributed by atoms with Crippen LogP contribution in [0.4, 0.5) is 0 Å². The van der Waals surface area contributed by atoms with Crippen LogP contribution in [0.25, 0.3) is 0 Å². The monoisotopic (exact) mass is 433 g/mol. The number of carbonyl (C=O) groups is 1. The molecule has 0 N–H and O–H groups in total. The van der Waals surface area contributed by atoms with Crippen molar-refractivity contribution in [3.05, 3.63) is 82.3 Å². The molecule has 3 aromatic rings. The van der Waals surface area contributed by atoms with Crippen molar-refractivity contribution in [2.24, 2.45) is 0 Å². The third-order valence-electron chi connectivity index (χ3n) is 6.36. The van der Waals surface area contributed by atoms with E-state index in [9.17, 15) is 4.79 Å². The summed E-state index contributed by atoms with van der Waals surface area (Å²) in [6.07, 6.45) is 5.69. The molecule has 160 valence electrons. The number of para-hydroxylation sites is 1. The molecule has 2 aliphatic rings. The van der Waals surface area contributed by atoms with E-state index in [0.29, 0.717) is 19.0 Å². The number of nitrogens with zero attached hydrogens (tertiary/aromatic N) is 3. The Labute approximate surface area is 187 Å². The highest BCUT2D eigenvalue weighted by Gasteiger charge is 2.29. The van der Waals surface area contributed by atoms with Crippen LogP contribution in [0.3, 0.4) is 0 Å². The van der Waals surface area contributed by atoms with Gasteiger partial charge in [0.25, 0.3) is 0 Å². The van der Waals surface area contributed by atoms with Gasteiger partial charge in [0.1, 0.15) is 11.9 Å². The molecule has 6 heteroatoms. The SMILES string of the molecule is O=C(CN1Cc2ccccc2OC(c2ccsc2)C1)N1CCC(c2ccncc2)CC1. The van der Waals surface area contributed by atoms with Crippen LogP contribution < -0.4 is 4.74 Å². The highest BCUT2D eigenvalue weighted by atomic mass is 32.1. The molecule has 0 spiro atoms. The van der Waals surface area contributed by atoms with Crippen molar-refractivity contribution in [2.45, 2.75) is 31.4 Å². The van der Waals surface area contributed by atoms with Gasteiger partial charge in [-0.1, -0.05) is 18.2 Å². The lowest BCUT2D eigenvalue weighted by atomic mass is 9.90. The molecular formula is C25H27N3O2S. The number of benzene rings is 1. The molecule has 1 aromatic carbocycles. The summed E-state index contributed by atoms with van der Waals surface area (Å²) in [5.41, 5.74) is 3.66. The third kappa shape index (κ3) is 4.65. The second kappa shape index (κ2) is 9.20. The van der Waals surface area contributed by atoms with Crippen molar-refractivity contribution in [2.75, 3.05) is 26.2 Å². The summed E-state index contributed by atoms with van der Waals surface area (Å²) < 4.78 is 6.36. The van der Waals surface area contributed by atoms with Gasteiger partial charge in [-0.05, 0) is 59.3 Å². The van der Waals surface area contributed by atoms with Gasteiger partial charge in [0, 0.05) is 49.7 Å². The van der Waals surface area contributed by atoms with Crippen molar-refractivity contribution < 1.29 is 9.53 Å². The Kier molecular flexibility index (Phi) is 6.00. The van der Waals surface area contributed by atoms with Gasteiger partial charge in [-0.2, -0.15) is 11.3 Å². The van der Waals surface area contributed by atoms with Crippen molar-refractivity contribution >= 4 is 17.2 Å². The third-order valence-corrected chi connectivity index (χ3v) is 7.06. The average molecular weight is 434 g/mol. The van der Waals surface area contributed by atoms with Gasteiger partial charge in [-0.15, -0.1) is 0 Å². The maximum absolute atomic E-state index is 13.2. The topological polar surface area (TPSA) is 45.7 Å². The van der Waals surface area contributed by atoms with Crippen LogP contribution in [-0.2, 0) is 11.3 Å². The first-order valence-electron chi connectivity index (χ1n) is 10.9. The van der Waals surface area contributed by atoms with E-state index in [1.54, 1.807) is 11.3 Å². The largest absolute Gasteiger partial charge is 0.484 e. The van der Waals surface area contributed by atoms with E-state index < -0.39 is 0 Å². The number of hydrogen-bond acceptors (Lipinski definition) is 5. The van der Waals surface area contributed by atoms with E-state index in [1.165, 1.54) is 11.1 Å². The van der Waals surface area contributed by atoms with Crippen LogP contribution in [-0.4, -0.2) is 46.9 Å². The van der Waals surface area contributed by atoms with E-state index in [-0.39, 0.29) is 12.0 Å². The Bertz CT molecular complexity index is 1000. The molecule has 1 amide bonds. The van der Waals surface area contributed by atoms with Gasteiger partial charge in [-0.3, -0.25) is 14.7 Å². The van der Waals surface area contributed by atoms with Crippen molar-refractivity contribution in [1.29, 1.82) is 0 Å². The lowest BCUT2D eigenvalue weighted by molar-refractivity contribution is -0.133. The minimum Gasteiger partial charge on any atom is -0.484 e. The first-order valence-corrected chi connectivity index (χ1v) is 11.9. The summed E-state index contributed by atoms with van der Waals surface area (Å²) in [6.45, 7) is 3.51. The molecule has 0 aliphatic carbocycles. The molecule has 0 saturated carbocycles. The Hall–Kier alpha value is -2.70. The molecule has 2 aliphatic heterocycles. The van der Waals surface area contributed by atoms with Crippen LogP contribution in [0.1, 0.15) is 41.6 Å². The minimum atomic E-state index is -0.0554. The predicted octanol–water partition coefficient (Wildman–Crippen LogP) is 4.49. The molecule has 0 bridgehead atoms.